The number of carbonyl (C=O) groups is 2. The minimum atomic E-state index is -0.839. The Morgan fingerprint density at radius 3 is 2.74 bits per heavy atom. The predicted octanol–water partition coefficient (Wildman–Crippen LogP) is 0.922. The average molecular weight is 278 g/mol. The Kier molecular flexibility index (Phi) is 3.60. The van der Waals surface area contributed by atoms with Crippen LogP contribution in [0, 0.1) is 11.8 Å². The monoisotopic (exact) mass is 278 g/mol. The highest BCUT2D eigenvalue weighted by molar-refractivity contribution is 7.12. The molecule has 0 radical (unpaired) electrons. The summed E-state index contributed by atoms with van der Waals surface area (Å²) in [6.07, 6.45) is 0. The smallest absolute Gasteiger partial charge is 0.325 e. The molecule has 1 aromatic rings. The summed E-state index contributed by atoms with van der Waals surface area (Å²) in [4.78, 5) is 26.6. The molecule has 0 bridgehead atoms. The van der Waals surface area contributed by atoms with Gasteiger partial charge in [-0.15, -0.1) is 11.3 Å². The maximum absolute atomic E-state index is 12.0. The lowest BCUT2D eigenvalue weighted by molar-refractivity contribution is -0.130. The van der Waals surface area contributed by atoms with E-state index in [9.17, 15) is 9.59 Å². The molecule has 6 heteroatoms. The summed E-state index contributed by atoms with van der Waals surface area (Å²) in [5.74, 6) is 5.12. The lowest BCUT2D eigenvalue weighted by atomic mass is 10.1. The highest BCUT2D eigenvalue weighted by Gasteiger charge is 2.44. The van der Waals surface area contributed by atoms with Gasteiger partial charge >= 0.3 is 6.03 Å². The van der Waals surface area contributed by atoms with E-state index < -0.39 is 5.54 Å². The molecule has 0 saturated carbocycles. The minimum absolute atomic E-state index is 0.186. The largest absolute Gasteiger partial charge is 0.384 e. The molecule has 1 aliphatic rings. The van der Waals surface area contributed by atoms with Crippen molar-refractivity contribution < 1.29 is 14.7 Å². The summed E-state index contributed by atoms with van der Waals surface area (Å²) in [7, 11) is 0. The molecule has 0 aliphatic carbocycles. The standard InChI is InChI=1S/C13H14N2O3S/c1-13(2)11(17)15(12(18)14-13)8-10-6-5-9(19-10)4-3-7-16/h5-6,16H,7-8H2,1-2H3,(H,14,18). The maximum atomic E-state index is 12.0. The molecule has 1 aromatic heterocycles. The number of rotatable bonds is 2. The van der Waals surface area contributed by atoms with Gasteiger partial charge in [-0.05, 0) is 26.0 Å². The fraction of sp³-hybridized carbons (Fsp3) is 0.385. The van der Waals surface area contributed by atoms with E-state index in [2.05, 4.69) is 17.2 Å². The number of nitrogens with one attached hydrogen (secondary N) is 1. The predicted molar refractivity (Wildman–Crippen MR) is 71.4 cm³/mol. The number of carbonyl (C=O) groups excluding carboxylic acids is 2. The normalized spacial score (nSPS) is 17.1. The van der Waals surface area contributed by atoms with Crippen LogP contribution in [0.4, 0.5) is 4.79 Å². The van der Waals surface area contributed by atoms with E-state index in [4.69, 9.17) is 5.11 Å². The molecule has 1 fully saturated rings. The molecular formula is C13H14N2O3S. The Balaban J connectivity index is 2.12. The van der Waals surface area contributed by atoms with Crippen LogP contribution in [0.5, 0.6) is 0 Å². The first-order chi connectivity index (χ1) is 8.94. The van der Waals surface area contributed by atoms with Crippen molar-refractivity contribution in [2.45, 2.75) is 25.9 Å². The van der Waals surface area contributed by atoms with E-state index in [1.54, 1.807) is 13.8 Å². The molecule has 19 heavy (non-hydrogen) atoms. The second kappa shape index (κ2) is 5.03. The summed E-state index contributed by atoms with van der Waals surface area (Å²) in [6.45, 7) is 3.42. The van der Waals surface area contributed by atoms with Crippen molar-refractivity contribution in [3.8, 4) is 11.8 Å². The van der Waals surface area contributed by atoms with Crippen molar-refractivity contribution >= 4 is 23.3 Å². The van der Waals surface area contributed by atoms with Crippen molar-refractivity contribution in [1.82, 2.24) is 10.2 Å². The Morgan fingerprint density at radius 1 is 1.42 bits per heavy atom. The molecule has 1 aliphatic heterocycles. The number of hydrogen-bond acceptors (Lipinski definition) is 4. The zero-order valence-electron chi connectivity index (χ0n) is 10.7. The van der Waals surface area contributed by atoms with E-state index in [1.807, 2.05) is 12.1 Å². The molecule has 0 atom stereocenters. The van der Waals surface area contributed by atoms with Crippen LogP contribution in [0.15, 0.2) is 12.1 Å². The Hall–Kier alpha value is -1.84. The number of hydrogen-bond donors (Lipinski definition) is 2. The van der Waals surface area contributed by atoms with Crippen LogP contribution < -0.4 is 5.32 Å². The minimum Gasteiger partial charge on any atom is -0.384 e. The van der Waals surface area contributed by atoms with Crippen molar-refractivity contribution in [1.29, 1.82) is 0 Å². The number of imide groups is 1. The molecule has 0 spiro atoms. The second-order valence-corrected chi connectivity index (χ2v) is 5.84. The van der Waals surface area contributed by atoms with E-state index >= 15 is 0 Å². The number of urea groups is 1. The van der Waals surface area contributed by atoms with Gasteiger partial charge in [0.1, 0.15) is 12.1 Å². The Morgan fingerprint density at radius 2 is 2.16 bits per heavy atom. The molecule has 2 heterocycles. The van der Waals surface area contributed by atoms with E-state index in [1.165, 1.54) is 16.2 Å². The average Bonchev–Trinajstić information content (AvgIpc) is 2.86. The van der Waals surface area contributed by atoms with Gasteiger partial charge in [-0.25, -0.2) is 4.79 Å². The van der Waals surface area contributed by atoms with Crippen LogP contribution in [0.3, 0.4) is 0 Å². The molecule has 2 rings (SSSR count). The lowest BCUT2D eigenvalue weighted by Crippen LogP contribution is -2.40. The van der Waals surface area contributed by atoms with Gasteiger partial charge in [-0.3, -0.25) is 9.69 Å². The molecule has 0 aromatic carbocycles. The molecule has 5 nitrogen and oxygen atoms in total. The number of aliphatic hydroxyl groups excluding tert-OH is 1. The first-order valence-corrected chi connectivity index (χ1v) is 6.58. The fourth-order valence-corrected chi connectivity index (χ4v) is 2.65. The van der Waals surface area contributed by atoms with Gasteiger partial charge in [0.05, 0.1) is 11.4 Å². The number of aliphatic hydroxyl groups is 1. The molecule has 0 unspecified atom stereocenters. The van der Waals surface area contributed by atoms with Crippen LogP contribution in [0.1, 0.15) is 23.6 Å². The second-order valence-electron chi connectivity index (χ2n) is 4.67. The molecule has 3 amide bonds. The van der Waals surface area contributed by atoms with Gasteiger partial charge in [-0.2, -0.15) is 0 Å². The van der Waals surface area contributed by atoms with Gasteiger partial charge in [0, 0.05) is 4.88 Å². The zero-order chi connectivity index (χ0) is 14.0. The summed E-state index contributed by atoms with van der Waals surface area (Å²) in [5.41, 5.74) is -0.839. The van der Waals surface area contributed by atoms with Gasteiger partial charge in [0.15, 0.2) is 0 Å². The van der Waals surface area contributed by atoms with Crippen molar-refractivity contribution in [2.24, 2.45) is 0 Å². The molecule has 2 N–H and O–H groups in total. The summed E-state index contributed by atoms with van der Waals surface area (Å²) in [5, 5.41) is 11.3. The third kappa shape index (κ3) is 2.78. The van der Waals surface area contributed by atoms with Gasteiger partial charge < -0.3 is 10.4 Å². The van der Waals surface area contributed by atoms with E-state index in [-0.39, 0.29) is 25.1 Å². The number of nitrogens with zero attached hydrogens (tertiary/aromatic N) is 1. The van der Waals surface area contributed by atoms with Crippen molar-refractivity contribution in [3.63, 3.8) is 0 Å². The molecule has 1 saturated heterocycles. The Bertz CT molecular complexity index is 580. The van der Waals surface area contributed by atoms with Gasteiger partial charge in [-0.1, -0.05) is 11.8 Å². The third-order valence-electron chi connectivity index (χ3n) is 2.71. The van der Waals surface area contributed by atoms with Gasteiger partial charge in [0.2, 0.25) is 0 Å². The SMILES string of the molecule is CC1(C)NC(=O)N(Cc2ccc(C#CCO)s2)C1=O. The fourth-order valence-electron chi connectivity index (χ4n) is 1.77. The highest BCUT2D eigenvalue weighted by atomic mass is 32.1. The maximum Gasteiger partial charge on any atom is 0.325 e. The lowest BCUT2D eigenvalue weighted by Gasteiger charge is -2.15. The van der Waals surface area contributed by atoms with Crippen molar-refractivity contribution in [3.05, 3.63) is 21.9 Å². The topological polar surface area (TPSA) is 69.6 Å². The van der Waals surface area contributed by atoms with Crippen LogP contribution in [0.25, 0.3) is 0 Å². The zero-order valence-corrected chi connectivity index (χ0v) is 11.5. The summed E-state index contributed by atoms with van der Waals surface area (Å²) >= 11 is 1.41. The van der Waals surface area contributed by atoms with Crippen LogP contribution in [0.2, 0.25) is 0 Å². The van der Waals surface area contributed by atoms with Gasteiger partial charge in [0.25, 0.3) is 5.91 Å². The first kappa shape index (κ1) is 13.6. The summed E-state index contributed by atoms with van der Waals surface area (Å²) < 4.78 is 0. The molecule has 100 valence electrons. The van der Waals surface area contributed by atoms with Crippen molar-refractivity contribution in [2.75, 3.05) is 6.61 Å². The van der Waals surface area contributed by atoms with E-state index in [0.29, 0.717) is 0 Å². The number of thiophene rings is 1. The molecular weight excluding hydrogens is 264 g/mol. The van der Waals surface area contributed by atoms with E-state index in [0.717, 1.165) is 9.75 Å². The third-order valence-corrected chi connectivity index (χ3v) is 3.70. The first-order valence-electron chi connectivity index (χ1n) is 5.76. The summed E-state index contributed by atoms with van der Waals surface area (Å²) in [6, 6.07) is 3.27. The van der Waals surface area contributed by atoms with Crippen LogP contribution in [-0.2, 0) is 11.3 Å². The quantitative estimate of drug-likeness (QED) is 0.624. The number of amides is 3. The van der Waals surface area contributed by atoms with Crippen LogP contribution in [-0.4, -0.2) is 34.1 Å². The van der Waals surface area contributed by atoms with Crippen LogP contribution >= 0.6 is 11.3 Å². The Labute approximate surface area is 115 Å². The highest BCUT2D eigenvalue weighted by Crippen LogP contribution is 2.22.